The van der Waals surface area contributed by atoms with Crippen LogP contribution in [0.25, 0.3) is 0 Å². The molecular weight excluding hydrogens is 279 g/mol. The van der Waals surface area contributed by atoms with E-state index in [4.69, 9.17) is 0 Å². The summed E-state index contributed by atoms with van der Waals surface area (Å²) in [6.07, 6.45) is 2.75. The summed E-state index contributed by atoms with van der Waals surface area (Å²) in [5.41, 5.74) is 1.54. The van der Waals surface area contributed by atoms with Gasteiger partial charge in [0.2, 0.25) is 10.0 Å². The molecule has 1 aromatic heterocycles. The van der Waals surface area contributed by atoms with Gasteiger partial charge in [0.1, 0.15) is 5.82 Å². The molecule has 0 bridgehead atoms. The van der Waals surface area contributed by atoms with Crippen LogP contribution >= 0.6 is 0 Å². The molecule has 2 aromatic rings. The third-order valence-electron chi connectivity index (χ3n) is 2.87. The number of nitrogens with zero attached hydrogens (tertiary/aromatic N) is 1. The maximum atomic E-state index is 13.0. The lowest BCUT2D eigenvalue weighted by molar-refractivity contribution is 0.582. The smallest absolute Gasteiger partial charge is 0.208 e. The number of aromatic nitrogens is 1. The summed E-state index contributed by atoms with van der Waals surface area (Å²) in [4.78, 5) is 4.25. The molecule has 0 saturated carbocycles. The summed E-state index contributed by atoms with van der Waals surface area (Å²) in [7, 11) is -3.30. The Kier molecular flexibility index (Phi) is 4.46. The molecule has 0 spiro atoms. The topological polar surface area (TPSA) is 59.1 Å². The van der Waals surface area contributed by atoms with Crippen molar-refractivity contribution in [2.45, 2.75) is 5.92 Å². The van der Waals surface area contributed by atoms with E-state index in [1.54, 1.807) is 24.4 Å². The summed E-state index contributed by atoms with van der Waals surface area (Å²) in [5.74, 6) is -0.587. The molecule has 0 aliphatic rings. The van der Waals surface area contributed by atoms with Crippen molar-refractivity contribution in [3.63, 3.8) is 0 Å². The third kappa shape index (κ3) is 4.11. The van der Waals surface area contributed by atoms with Gasteiger partial charge in [0, 0.05) is 24.4 Å². The number of rotatable bonds is 5. The van der Waals surface area contributed by atoms with Crippen LogP contribution in [0.2, 0.25) is 0 Å². The molecule has 1 N–H and O–H groups in total. The van der Waals surface area contributed by atoms with E-state index in [9.17, 15) is 12.8 Å². The molecule has 1 atom stereocenters. The van der Waals surface area contributed by atoms with E-state index >= 15 is 0 Å². The van der Waals surface area contributed by atoms with Crippen molar-refractivity contribution in [3.05, 3.63) is 65.7 Å². The Labute approximate surface area is 117 Å². The number of halogens is 1. The van der Waals surface area contributed by atoms with Gasteiger partial charge in [0.15, 0.2) is 0 Å². The minimum Gasteiger partial charge on any atom is -0.261 e. The Balaban J connectivity index is 2.31. The van der Waals surface area contributed by atoms with Crippen LogP contribution in [0.5, 0.6) is 0 Å². The average molecular weight is 294 g/mol. The Morgan fingerprint density at radius 2 is 1.90 bits per heavy atom. The summed E-state index contributed by atoms with van der Waals surface area (Å²) < 4.78 is 38.0. The standard InChI is InChI=1S/C14H15FN2O2S/c1-20(18,19)17-10-13(14-4-2-3-9-16-14)11-5-7-12(15)8-6-11/h2-9,13,17H,10H2,1H3. The van der Waals surface area contributed by atoms with Gasteiger partial charge in [-0.25, -0.2) is 17.5 Å². The van der Waals surface area contributed by atoms with Crippen LogP contribution in [0.3, 0.4) is 0 Å². The molecular formula is C14H15FN2O2S. The van der Waals surface area contributed by atoms with Crippen LogP contribution in [-0.4, -0.2) is 26.2 Å². The molecule has 1 aromatic carbocycles. The molecule has 1 heterocycles. The lowest BCUT2D eigenvalue weighted by Crippen LogP contribution is -2.28. The highest BCUT2D eigenvalue weighted by Gasteiger charge is 2.17. The van der Waals surface area contributed by atoms with Gasteiger partial charge in [0.25, 0.3) is 0 Å². The van der Waals surface area contributed by atoms with Crippen LogP contribution in [0.1, 0.15) is 17.2 Å². The first-order valence-corrected chi connectivity index (χ1v) is 7.96. The van der Waals surface area contributed by atoms with Gasteiger partial charge < -0.3 is 0 Å². The number of hydrogen-bond donors (Lipinski definition) is 1. The predicted octanol–water partition coefficient (Wildman–Crippen LogP) is 1.90. The lowest BCUT2D eigenvalue weighted by Gasteiger charge is -2.17. The van der Waals surface area contributed by atoms with E-state index in [2.05, 4.69) is 9.71 Å². The highest BCUT2D eigenvalue weighted by Crippen LogP contribution is 2.22. The van der Waals surface area contributed by atoms with Crippen molar-refractivity contribution in [2.75, 3.05) is 12.8 Å². The molecule has 0 amide bonds. The molecule has 0 saturated heterocycles. The quantitative estimate of drug-likeness (QED) is 0.916. The zero-order chi connectivity index (χ0) is 14.6. The summed E-state index contributed by atoms with van der Waals surface area (Å²) in [6, 6.07) is 11.4. The summed E-state index contributed by atoms with van der Waals surface area (Å²) in [6.45, 7) is 0.182. The number of nitrogens with one attached hydrogen (secondary N) is 1. The third-order valence-corrected chi connectivity index (χ3v) is 3.56. The Bertz CT molecular complexity index is 657. The number of pyridine rings is 1. The minimum absolute atomic E-state index is 0.182. The highest BCUT2D eigenvalue weighted by molar-refractivity contribution is 7.88. The first-order chi connectivity index (χ1) is 9.46. The van der Waals surface area contributed by atoms with E-state index in [1.807, 2.05) is 12.1 Å². The van der Waals surface area contributed by atoms with Gasteiger partial charge in [0.05, 0.1) is 6.26 Å². The normalized spacial score (nSPS) is 13.1. The molecule has 0 aliphatic heterocycles. The highest BCUT2D eigenvalue weighted by atomic mass is 32.2. The zero-order valence-corrected chi connectivity index (χ0v) is 11.8. The average Bonchev–Trinajstić information content (AvgIpc) is 2.41. The molecule has 4 nitrogen and oxygen atoms in total. The first kappa shape index (κ1) is 14.6. The second kappa shape index (κ2) is 6.11. The van der Waals surface area contributed by atoms with Crippen molar-refractivity contribution in [2.24, 2.45) is 0 Å². The van der Waals surface area contributed by atoms with Crippen molar-refractivity contribution < 1.29 is 12.8 Å². The van der Waals surface area contributed by atoms with Crippen molar-refractivity contribution in [1.82, 2.24) is 9.71 Å². The van der Waals surface area contributed by atoms with Gasteiger partial charge in [-0.3, -0.25) is 4.98 Å². The van der Waals surface area contributed by atoms with Crippen LogP contribution < -0.4 is 4.72 Å². The molecule has 0 fully saturated rings. The van der Waals surface area contributed by atoms with Crippen molar-refractivity contribution in [1.29, 1.82) is 0 Å². The molecule has 1 unspecified atom stereocenters. The van der Waals surface area contributed by atoms with Crippen LogP contribution in [0, 0.1) is 5.82 Å². The number of benzene rings is 1. The Hall–Kier alpha value is -1.79. The molecule has 0 radical (unpaired) electrons. The molecule has 0 aliphatic carbocycles. The van der Waals surface area contributed by atoms with Crippen LogP contribution in [0.4, 0.5) is 4.39 Å². The fraction of sp³-hybridized carbons (Fsp3) is 0.214. The maximum Gasteiger partial charge on any atom is 0.208 e. The SMILES string of the molecule is CS(=O)(=O)NCC(c1ccc(F)cc1)c1ccccn1. The van der Waals surface area contributed by atoms with Crippen molar-refractivity contribution in [3.8, 4) is 0 Å². The first-order valence-electron chi connectivity index (χ1n) is 6.07. The van der Waals surface area contributed by atoms with Gasteiger partial charge >= 0.3 is 0 Å². The second-order valence-electron chi connectivity index (χ2n) is 4.48. The lowest BCUT2D eigenvalue weighted by atomic mass is 9.95. The minimum atomic E-state index is -3.30. The maximum absolute atomic E-state index is 13.0. The molecule has 106 valence electrons. The fourth-order valence-electron chi connectivity index (χ4n) is 1.91. The van der Waals surface area contributed by atoms with E-state index in [1.165, 1.54) is 12.1 Å². The van der Waals surface area contributed by atoms with Crippen LogP contribution in [0.15, 0.2) is 48.7 Å². The van der Waals surface area contributed by atoms with E-state index < -0.39 is 10.0 Å². The van der Waals surface area contributed by atoms with E-state index in [0.717, 1.165) is 17.5 Å². The Morgan fingerprint density at radius 1 is 1.20 bits per heavy atom. The van der Waals surface area contributed by atoms with Gasteiger partial charge in [-0.05, 0) is 29.8 Å². The summed E-state index contributed by atoms with van der Waals surface area (Å²) >= 11 is 0. The fourth-order valence-corrected chi connectivity index (χ4v) is 2.37. The number of hydrogen-bond acceptors (Lipinski definition) is 3. The van der Waals surface area contributed by atoms with Gasteiger partial charge in [-0.2, -0.15) is 0 Å². The van der Waals surface area contributed by atoms with E-state index in [-0.39, 0.29) is 18.3 Å². The molecule has 20 heavy (non-hydrogen) atoms. The van der Waals surface area contributed by atoms with Crippen LogP contribution in [-0.2, 0) is 10.0 Å². The largest absolute Gasteiger partial charge is 0.261 e. The zero-order valence-electron chi connectivity index (χ0n) is 11.0. The molecule has 6 heteroatoms. The summed E-state index contributed by atoms with van der Waals surface area (Å²) in [5, 5.41) is 0. The number of sulfonamides is 1. The predicted molar refractivity (Wildman–Crippen MR) is 75.3 cm³/mol. The van der Waals surface area contributed by atoms with E-state index in [0.29, 0.717) is 0 Å². The Morgan fingerprint density at radius 3 is 2.45 bits per heavy atom. The van der Waals surface area contributed by atoms with Gasteiger partial charge in [-0.1, -0.05) is 18.2 Å². The monoisotopic (exact) mass is 294 g/mol. The second-order valence-corrected chi connectivity index (χ2v) is 6.31. The molecule has 2 rings (SSSR count). The van der Waals surface area contributed by atoms with Crippen molar-refractivity contribution >= 4 is 10.0 Å². The van der Waals surface area contributed by atoms with Gasteiger partial charge in [-0.15, -0.1) is 0 Å².